The van der Waals surface area contributed by atoms with Crippen LogP contribution in [0.4, 0.5) is 5.69 Å². The van der Waals surface area contributed by atoms with E-state index in [0.29, 0.717) is 5.69 Å². The fourth-order valence-corrected chi connectivity index (χ4v) is 4.82. The van der Waals surface area contributed by atoms with E-state index in [1.807, 2.05) is 19.1 Å². The van der Waals surface area contributed by atoms with E-state index in [1.165, 1.54) is 30.1 Å². The highest BCUT2D eigenvalue weighted by atomic mass is 32.2. The van der Waals surface area contributed by atoms with Crippen molar-refractivity contribution in [1.82, 2.24) is 9.62 Å². The van der Waals surface area contributed by atoms with Crippen LogP contribution in [0.25, 0.3) is 0 Å². The topological polar surface area (TPSA) is 95.6 Å². The van der Waals surface area contributed by atoms with Gasteiger partial charge in [-0.25, -0.2) is 13.1 Å². The van der Waals surface area contributed by atoms with Gasteiger partial charge in [0, 0.05) is 24.3 Å². The summed E-state index contributed by atoms with van der Waals surface area (Å²) in [4.78, 5) is 26.3. The standard InChI is InChI=1S/C22H27N3O4S/c1-16-10-12-18(13-11-16)23-21(26)15-25(2)22(27)17-6-5-9-20(14-17)30(28,29)24-19-7-3-4-8-19/h5-6,9-14,19,24H,3-4,7-8,15H2,1-2H3,(H,23,26). The number of likely N-dealkylation sites (N-methyl/N-ethyl adjacent to an activating group) is 1. The smallest absolute Gasteiger partial charge is 0.254 e. The molecule has 0 saturated heterocycles. The van der Waals surface area contributed by atoms with E-state index in [0.717, 1.165) is 31.2 Å². The molecular formula is C22H27N3O4S. The lowest BCUT2D eigenvalue weighted by molar-refractivity contribution is -0.116. The largest absolute Gasteiger partial charge is 0.332 e. The lowest BCUT2D eigenvalue weighted by Gasteiger charge is -2.18. The van der Waals surface area contributed by atoms with Crippen molar-refractivity contribution in [2.24, 2.45) is 0 Å². The van der Waals surface area contributed by atoms with Crippen LogP contribution in [-0.2, 0) is 14.8 Å². The van der Waals surface area contributed by atoms with E-state index >= 15 is 0 Å². The second-order valence-corrected chi connectivity index (χ2v) is 9.42. The highest BCUT2D eigenvalue weighted by molar-refractivity contribution is 7.89. The molecule has 1 saturated carbocycles. The van der Waals surface area contributed by atoms with Crippen molar-refractivity contribution in [3.8, 4) is 0 Å². The number of aryl methyl sites for hydroxylation is 1. The van der Waals surface area contributed by atoms with E-state index < -0.39 is 15.9 Å². The van der Waals surface area contributed by atoms with Gasteiger partial charge in [-0.3, -0.25) is 9.59 Å². The first-order chi connectivity index (χ1) is 14.2. The van der Waals surface area contributed by atoms with Crippen LogP contribution in [0.15, 0.2) is 53.4 Å². The number of nitrogens with zero attached hydrogens (tertiary/aromatic N) is 1. The first-order valence-electron chi connectivity index (χ1n) is 9.99. The minimum atomic E-state index is -3.69. The monoisotopic (exact) mass is 429 g/mol. The zero-order chi connectivity index (χ0) is 21.7. The fraction of sp³-hybridized carbons (Fsp3) is 0.364. The molecule has 0 atom stereocenters. The molecule has 2 aromatic carbocycles. The highest BCUT2D eigenvalue weighted by Gasteiger charge is 2.24. The quantitative estimate of drug-likeness (QED) is 0.707. The van der Waals surface area contributed by atoms with Crippen LogP contribution in [-0.4, -0.2) is 44.8 Å². The molecule has 0 unspecified atom stereocenters. The van der Waals surface area contributed by atoms with E-state index in [9.17, 15) is 18.0 Å². The van der Waals surface area contributed by atoms with Gasteiger partial charge in [0.25, 0.3) is 5.91 Å². The molecule has 2 N–H and O–H groups in total. The van der Waals surface area contributed by atoms with E-state index in [2.05, 4.69) is 10.0 Å². The maximum atomic E-state index is 12.7. The summed E-state index contributed by atoms with van der Waals surface area (Å²) in [5, 5.41) is 2.74. The van der Waals surface area contributed by atoms with Gasteiger partial charge in [-0.2, -0.15) is 0 Å². The normalized spacial score (nSPS) is 14.5. The molecule has 2 amide bonds. The van der Waals surface area contributed by atoms with Crippen LogP contribution in [0.2, 0.25) is 0 Å². The van der Waals surface area contributed by atoms with Crippen molar-refractivity contribution in [3.05, 3.63) is 59.7 Å². The third-order valence-electron chi connectivity index (χ3n) is 5.13. The summed E-state index contributed by atoms with van der Waals surface area (Å²) in [5.74, 6) is -0.756. The average Bonchev–Trinajstić information content (AvgIpc) is 3.21. The number of hydrogen-bond acceptors (Lipinski definition) is 4. The number of sulfonamides is 1. The third kappa shape index (κ3) is 5.67. The summed E-state index contributed by atoms with van der Waals surface area (Å²) in [6.45, 7) is 1.81. The third-order valence-corrected chi connectivity index (χ3v) is 6.65. The molecule has 1 fully saturated rings. The zero-order valence-electron chi connectivity index (χ0n) is 17.2. The summed E-state index contributed by atoms with van der Waals surface area (Å²) < 4.78 is 28.0. The number of anilines is 1. The Morgan fingerprint density at radius 1 is 1.07 bits per heavy atom. The maximum absolute atomic E-state index is 12.7. The van der Waals surface area contributed by atoms with Gasteiger partial charge in [-0.1, -0.05) is 36.6 Å². The molecule has 0 spiro atoms. The summed E-state index contributed by atoms with van der Waals surface area (Å²) in [7, 11) is -2.18. The molecule has 30 heavy (non-hydrogen) atoms. The van der Waals surface area contributed by atoms with Crippen molar-refractivity contribution in [1.29, 1.82) is 0 Å². The zero-order valence-corrected chi connectivity index (χ0v) is 18.0. The van der Waals surface area contributed by atoms with Crippen LogP contribution in [0, 0.1) is 6.92 Å². The minimum Gasteiger partial charge on any atom is -0.332 e. The van der Waals surface area contributed by atoms with E-state index in [-0.39, 0.29) is 29.0 Å². The molecule has 1 aliphatic rings. The maximum Gasteiger partial charge on any atom is 0.254 e. The Bertz CT molecular complexity index is 1010. The lowest BCUT2D eigenvalue weighted by Crippen LogP contribution is -2.35. The van der Waals surface area contributed by atoms with Gasteiger partial charge in [-0.05, 0) is 50.1 Å². The van der Waals surface area contributed by atoms with Crippen LogP contribution >= 0.6 is 0 Å². The summed E-state index contributed by atoms with van der Waals surface area (Å²) in [5.41, 5.74) is 1.95. The molecule has 0 aliphatic heterocycles. The molecule has 0 heterocycles. The number of carbonyl (C=O) groups excluding carboxylic acids is 2. The molecule has 160 valence electrons. The predicted octanol–water partition coefficient (Wildman–Crippen LogP) is 2.93. The van der Waals surface area contributed by atoms with Gasteiger partial charge in [0.15, 0.2) is 0 Å². The van der Waals surface area contributed by atoms with Crippen molar-refractivity contribution in [2.45, 2.75) is 43.5 Å². The van der Waals surface area contributed by atoms with Crippen LogP contribution in [0.1, 0.15) is 41.6 Å². The molecule has 0 radical (unpaired) electrons. The Morgan fingerprint density at radius 3 is 2.40 bits per heavy atom. The van der Waals surface area contributed by atoms with Gasteiger partial charge in [0.05, 0.1) is 11.4 Å². The fourth-order valence-electron chi connectivity index (χ4n) is 3.47. The van der Waals surface area contributed by atoms with Gasteiger partial charge >= 0.3 is 0 Å². The Kier molecular flexibility index (Phi) is 6.89. The van der Waals surface area contributed by atoms with Crippen molar-refractivity contribution in [3.63, 3.8) is 0 Å². The van der Waals surface area contributed by atoms with Gasteiger partial charge in [0.2, 0.25) is 15.9 Å². The van der Waals surface area contributed by atoms with Gasteiger partial charge < -0.3 is 10.2 Å². The predicted molar refractivity (Wildman–Crippen MR) is 116 cm³/mol. The number of amides is 2. The van der Waals surface area contributed by atoms with Crippen LogP contribution in [0.3, 0.4) is 0 Å². The average molecular weight is 430 g/mol. The Labute approximate surface area is 177 Å². The summed E-state index contributed by atoms with van der Waals surface area (Å²) in [6.07, 6.45) is 3.69. The molecule has 0 aromatic heterocycles. The second kappa shape index (κ2) is 9.40. The number of hydrogen-bond donors (Lipinski definition) is 2. The lowest BCUT2D eigenvalue weighted by atomic mass is 10.2. The second-order valence-electron chi connectivity index (χ2n) is 7.71. The number of carbonyl (C=O) groups is 2. The number of nitrogens with one attached hydrogen (secondary N) is 2. The molecular weight excluding hydrogens is 402 g/mol. The SMILES string of the molecule is Cc1ccc(NC(=O)CN(C)C(=O)c2cccc(S(=O)(=O)NC3CCCC3)c2)cc1. The van der Waals surface area contributed by atoms with E-state index in [4.69, 9.17) is 0 Å². The molecule has 0 bridgehead atoms. The van der Waals surface area contributed by atoms with Crippen LogP contribution in [0.5, 0.6) is 0 Å². The molecule has 2 aromatic rings. The number of rotatable bonds is 7. The minimum absolute atomic E-state index is 0.0532. The molecule has 3 rings (SSSR count). The molecule has 1 aliphatic carbocycles. The van der Waals surface area contributed by atoms with E-state index in [1.54, 1.807) is 18.2 Å². The summed E-state index contributed by atoms with van der Waals surface area (Å²) >= 11 is 0. The number of benzene rings is 2. The van der Waals surface area contributed by atoms with Crippen molar-refractivity contribution >= 4 is 27.5 Å². The Morgan fingerprint density at radius 2 is 1.73 bits per heavy atom. The van der Waals surface area contributed by atoms with Gasteiger partial charge in [0.1, 0.15) is 0 Å². The first kappa shape index (κ1) is 22.0. The van der Waals surface area contributed by atoms with Crippen molar-refractivity contribution in [2.75, 3.05) is 18.9 Å². The Hall–Kier alpha value is -2.71. The highest BCUT2D eigenvalue weighted by Crippen LogP contribution is 2.21. The summed E-state index contributed by atoms with van der Waals surface area (Å²) in [6, 6.07) is 13.2. The first-order valence-corrected chi connectivity index (χ1v) is 11.5. The van der Waals surface area contributed by atoms with Gasteiger partial charge in [-0.15, -0.1) is 0 Å². The molecule has 8 heteroatoms. The van der Waals surface area contributed by atoms with Crippen molar-refractivity contribution < 1.29 is 18.0 Å². The van der Waals surface area contributed by atoms with Crippen LogP contribution < -0.4 is 10.0 Å². The Balaban J connectivity index is 1.64. The molecule has 7 nitrogen and oxygen atoms in total.